The topological polar surface area (TPSA) is 135 Å². The molecule has 0 saturated carbocycles. The molecule has 164 valence electrons. The van der Waals surface area contributed by atoms with Crippen molar-refractivity contribution in [2.24, 2.45) is 5.10 Å². The second-order valence-corrected chi connectivity index (χ2v) is 6.46. The van der Waals surface area contributed by atoms with E-state index in [0.717, 1.165) is 5.69 Å². The van der Waals surface area contributed by atoms with Crippen molar-refractivity contribution >= 4 is 29.2 Å². The highest BCUT2D eigenvalue weighted by atomic mass is 16.6. The maximum atomic E-state index is 11.9. The molecule has 0 aromatic heterocycles. The number of amides is 1. The van der Waals surface area contributed by atoms with Gasteiger partial charge < -0.3 is 19.9 Å². The van der Waals surface area contributed by atoms with Crippen molar-refractivity contribution in [3.05, 3.63) is 82.4 Å². The number of aromatic hydroxyl groups is 1. The molecule has 0 aliphatic carbocycles. The van der Waals surface area contributed by atoms with Gasteiger partial charge in [-0.3, -0.25) is 14.9 Å². The largest absolute Gasteiger partial charge is 0.507 e. The van der Waals surface area contributed by atoms with Crippen LogP contribution in [-0.4, -0.2) is 35.9 Å². The Morgan fingerprint density at radius 1 is 1.06 bits per heavy atom. The van der Waals surface area contributed by atoms with E-state index in [1.165, 1.54) is 31.5 Å². The number of hydrogen-bond donors (Lipinski definition) is 3. The van der Waals surface area contributed by atoms with Crippen LogP contribution >= 0.6 is 0 Å². The third-order valence-corrected chi connectivity index (χ3v) is 4.22. The third-order valence-electron chi connectivity index (χ3n) is 4.22. The zero-order chi connectivity index (χ0) is 22.9. The number of hydrogen-bond acceptors (Lipinski definition) is 8. The summed E-state index contributed by atoms with van der Waals surface area (Å²) < 4.78 is 10.5. The van der Waals surface area contributed by atoms with Gasteiger partial charge in [0.2, 0.25) is 0 Å². The van der Waals surface area contributed by atoms with Gasteiger partial charge in [-0.25, -0.2) is 5.43 Å². The van der Waals surface area contributed by atoms with E-state index in [-0.39, 0.29) is 18.0 Å². The van der Waals surface area contributed by atoms with E-state index < -0.39 is 10.8 Å². The average molecular weight is 436 g/mol. The van der Waals surface area contributed by atoms with E-state index in [9.17, 15) is 20.0 Å². The molecular weight excluding hydrogens is 416 g/mol. The van der Waals surface area contributed by atoms with Crippen LogP contribution in [0.3, 0.4) is 0 Å². The van der Waals surface area contributed by atoms with Crippen molar-refractivity contribution in [2.45, 2.75) is 0 Å². The van der Waals surface area contributed by atoms with Crippen molar-refractivity contribution in [1.29, 1.82) is 0 Å². The van der Waals surface area contributed by atoms with Crippen molar-refractivity contribution in [3.8, 4) is 17.2 Å². The molecule has 32 heavy (non-hydrogen) atoms. The number of hydrazone groups is 1. The highest BCUT2D eigenvalue weighted by Gasteiger charge is 2.05. The number of phenols is 1. The number of non-ortho nitro benzene ring substituents is 1. The van der Waals surface area contributed by atoms with Crippen LogP contribution in [0.5, 0.6) is 17.2 Å². The van der Waals surface area contributed by atoms with Gasteiger partial charge in [0.15, 0.2) is 6.61 Å². The summed E-state index contributed by atoms with van der Waals surface area (Å²) in [7, 11) is 1.50. The minimum Gasteiger partial charge on any atom is -0.507 e. The van der Waals surface area contributed by atoms with Gasteiger partial charge >= 0.3 is 0 Å². The Morgan fingerprint density at radius 2 is 1.69 bits per heavy atom. The second-order valence-electron chi connectivity index (χ2n) is 6.46. The number of benzene rings is 3. The molecule has 0 unspecified atom stereocenters. The highest BCUT2D eigenvalue weighted by molar-refractivity contribution is 5.86. The monoisotopic (exact) mass is 436 g/mol. The number of rotatable bonds is 9. The number of phenolic OH excluding ortho intramolecular Hbond substituents is 1. The Hall–Kier alpha value is -4.60. The number of ether oxygens (including phenoxy) is 2. The fraction of sp³-hybridized carbons (Fsp3) is 0.0909. The molecule has 0 aliphatic heterocycles. The zero-order valence-electron chi connectivity index (χ0n) is 17.0. The van der Waals surface area contributed by atoms with Crippen LogP contribution in [-0.2, 0) is 4.79 Å². The van der Waals surface area contributed by atoms with E-state index in [4.69, 9.17) is 9.47 Å². The van der Waals surface area contributed by atoms with Crippen LogP contribution in [0.15, 0.2) is 71.8 Å². The lowest BCUT2D eigenvalue weighted by atomic mass is 10.2. The van der Waals surface area contributed by atoms with Crippen LogP contribution in [0.4, 0.5) is 17.1 Å². The minimum atomic E-state index is -0.475. The van der Waals surface area contributed by atoms with E-state index in [2.05, 4.69) is 15.8 Å². The fourth-order valence-electron chi connectivity index (χ4n) is 2.59. The van der Waals surface area contributed by atoms with Crippen molar-refractivity contribution in [1.82, 2.24) is 5.43 Å². The summed E-state index contributed by atoms with van der Waals surface area (Å²) in [6, 6.07) is 17.5. The first-order chi connectivity index (χ1) is 15.4. The number of nitrogens with zero attached hydrogens (tertiary/aromatic N) is 2. The molecule has 3 aromatic carbocycles. The van der Waals surface area contributed by atoms with Crippen LogP contribution in [0, 0.1) is 10.1 Å². The van der Waals surface area contributed by atoms with Crippen molar-refractivity contribution < 1.29 is 24.3 Å². The first-order valence-electron chi connectivity index (χ1n) is 9.38. The van der Waals surface area contributed by atoms with E-state index in [1.54, 1.807) is 48.5 Å². The first-order valence-corrected chi connectivity index (χ1v) is 9.38. The summed E-state index contributed by atoms with van der Waals surface area (Å²) in [4.78, 5) is 22.1. The van der Waals surface area contributed by atoms with Gasteiger partial charge in [-0.1, -0.05) is 0 Å². The molecule has 1 amide bonds. The second kappa shape index (κ2) is 10.4. The Kier molecular flexibility index (Phi) is 7.20. The van der Waals surface area contributed by atoms with Gasteiger partial charge in [-0.15, -0.1) is 0 Å². The molecule has 10 nitrogen and oxygen atoms in total. The number of nitro benzene ring substituents is 1. The van der Waals surface area contributed by atoms with Gasteiger partial charge in [0.25, 0.3) is 11.6 Å². The van der Waals surface area contributed by atoms with Crippen LogP contribution in [0.2, 0.25) is 0 Å². The first kappa shape index (κ1) is 22.1. The molecule has 0 radical (unpaired) electrons. The number of carbonyl (C=O) groups is 1. The Labute approximate surface area is 183 Å². The lowest BCUT2D eigenvalue weighted by Crippen LogP contribution is -2.24. The predicted molar refractivity (Wildman–Crippen MR) is 119 cm³/mol. The molecule has 0 atom stereocenters. The highest BCUT2D eigenvalue weighted by Crippen LogP contribution is 2.22. The van der Waals surface area contributed by atoms with Gasteiger partial charge in [0, 0.05) is 29.1 Å². The van der Waals surface area contributed by atoms with Crippen LogP contribution in [0.25, 0.3) is 0 Å². The number of anilines is 2. The van der Waals surface area contributed by atoms with Gasteiger partial charge in [-0.05, 0) is 54.6 Å². The van der Waals surface area contributed by atoms with Crippen LogP contribution in [0.1, 0.15) is 5.56 Å². The Bertz CT molecular complexity index is 1110. The maximum absolute atomic E-state index is 11.9. The molecule has 10 heteroatoms. The van der Waals surface area contributed by atoms with Gasteiger partial charge in [-0.2, -0.15) is 5.10 Å². The van der Waals surface area contributed by atoms with E-state index in [1.807, 2.05) is 0 Å². The summed E-state index contributed by atoms with van der Waals surface area (Å²) in [5, 5.41) is 27.4. The Balaban J connectivity index is 1.47. The standard InChI is InChI=1S/C22H20N4O6/c1-31-20-10-11-21(27)15(12-20)13-23-25-22(28)14-32-19-8-4-17(5-9-19)24-16-2-6-18(7-3-16)26(29)30/h2-13,24,27H,14H2,1H3,(H,25,28). The molecule has 0 fully saturated rings. The molecule has 0 bridgehead atoms. The lowest BCUT2D eigenvalue weighted by Gasteiger charge is -2.08. The Morgan fingerprint density at radius 3 is 2.31 bits per heavy atom. The number of nitrogens with one attached hydrogen (secondary N) is 2. The molecule has 0 spiro atoms. The van der Waals surface area contributed by atoms with Crippen LogP contribution < -0.4 is 20.2 Å². The molecule has 0 aliphatic rings. The zero-order valence-corrected chi connectivity index (χ0v) is 17.0. The van der Waals surface area contributed by atoms with Crippen molar-refractivity contribution in [2.75, 3.05) is 19.0 Å². The third kappa shape index (κ3) is 6.20. The molecular formula is C22H20N4O6. The number of nitro groups is 1. The minimum absolute atomic E-state index is 0.00229. The van der Waals surface area contributed by atoms with Gasteiger partial charge in [0.1, 0.15) is 17.2 Å². The molecule has 0 heterocycles. The average Bonchev–Trinajstić information content (AvgIpc) is 2.80. The summed E-state index contributed by atoms with van der Waals surface area (Å²) in [5.41, 5.74) is 4.17. The summed E-state index contributed by atoms with van der Waals surface area (Å²) >= 11 is 0. The molecule has 0 saturated heterocycles. The summed E-state index contributed by atoms with van der Waals surface area (Å²) in [5.74, 6) is 0.549. The SMILES string of the molecule is COc1ccc(O)c(C=NNC(=O)COc2ccc(Nc3ccc([N+](=O)[O-])cc3)cc2)c1. The quantitative estimate of drug-likeness (QED) is 0.265. The molecule has 3 aromatic rings. The number of carbonyl (C=O) groups excluding carboxylic acids is 1. The van der Waals surface area contributed by atoms with E-state index >= 15 is 0 Å². The molecule has 3 rings (SSSR count). The number of methoxy groups -OCH3 is 1. The summed E-state index contributed by atoms with van der Waals surface area (Å²) in [6.45, 7) is -0.253. The normalized spacial score (nSPS) is 10.5. The van der Waals surface area contributed by atoms with Gasteiger partial charge in [0.05, 0.1) is 18.2 Å². The van der Waals surface area contributed by atoms with E-state index in [0.29, 0.717) is 22.7 Å². The summed E-state index contributed by atoms with van der Waals surface area (Å²) in [6.07, 6.45) is 1.30. The lowest BCUT2D eigenvalue weighted by molar-refractivity contribution is -0.384. The smallest absolute Gasteiger partial charge is 0.277 e. The molecule has 3 N–H and O–H groups in total. The maximum Gasteiger partial charge on any atom is 0.277 e. The predicted octanol–water partition coefficient (Wildman–Crippen LogP) is 3.58. The van der Waals surface area contributed by atoms with Crippen molar-refractivity contribution in [3.63, 3.8) is 0 Å². The fourth-order valence-corrected chi connectivity index (χ4v) is 2.59.